The lowest BCUT2D eigenvalue weighted by molar-refractivity contribution is 0.585. The van der Waals surface area contributed by atoms with Crippen LogP contribution in [0.4, 0.5) is 0 Å². The summed E-state index contributed by atoms with van der Waals surface area (Å²) < 4.78 is 14.4. The molecule has 2 rings (SSSR count). The Kier molecular flexibility index (Phi) is 4.42. The first-order valence-electron chi connectivity index (χ1n) is 6.37. The Morgan fingerprint density at radius 1 is 1.17 bits per heavy atom. The van der Waals surface area contributed by atoms with Crippen LogP contribution >= 0.6 is 18.5 Å². The molecule has 0 N–H and O–H groups in total. The van der Waals surface area contributed by atoms with Gasteiger partial charge in [0.25, 0.3) is 0 Å². The van der Waals surface area contributed by atoms with E-state index < -0.39 is 7.14 Å². The predicted molar refractivity (Wildman–Crippen MR) is 82.1 cm³/mol. The molecule has 0 aliphatic rings. The summed E-state index contributed by atoms with van der Waals surface area (Å²) in [6, 6.07) is 12.2. The molecule has 0 aliphatic heterocycles. The van der Waals surface area contributed by atoms with Crippen LogP contribution < -0.4 is 9.92 Å². The van der Waals surface area contributed by atoms with Gasteiger partial charge in [0, 0.05) is 11.5 Å². The molecule has 0 saturated heterocycles. The first-order valence-corrected chi connectivity index (χ1v) is 9.14. The van der Waals surface area contributed by atoms with E-state index in [1.54, 1.807) is 11.3 Å². The topological polar surface area (TPSA) is 17.1 Å². The molecule has 1 aromatic carbocycles. The van der Waals surface area contributed by atoms with Crippen molar-refractivity contribution in [2.24, 2.45) is 0 Å². The van der Waals surface area contributed by atoms with Crippen LogP contribution in [-0.2, 0) is 4.57 Å². The fourth-order valence-electron chi connectivity index (χ4n) is 2.01. The average Bonchev–Trinajstić information content (AvgIpc) is 2.91. The van der Waals surface area contributed by atoms with Crippen LogP contribution in [0.1, 0.15) is 25.3 Å². The molecule has 18 heavy (non-hydrogen) atoms. The van der Waals surface area contributed by atoms with Gasteiger partial charge in [0.15, 0.2) is 7.14 Å². The second kappa shape index (κ2) is 5.86. The number of rotatable bonds is 5. The number of benzene rings is 1. The van der Waals surface area contributed by atoms with Gasteiger partial charge in [-0.25, -0.2) is 0 Å². The second-order valence-electron chi connectivity index (χ2n) is 4.60. The van der Waals surface area contributed by atoms with Crippen molar-refractivity contribution in [2.75, 3.05) is 6.16 Å². The van der Waals surface area contributed by atoms with Crippen molar-refractivity contribution in [1.29, 1.82) is 0 Å². The maximum atomic E-state index is 13.4. The van der Waals surface area contributed by atoms with E-state index in [-0.39, 0.29) is 0 Å². The maximum Gasteiger partial charge on any atom is 0.152 e. The van der Waals surface area contributed by atoms with Gasteiger partial charge in [0.2, 0.25) is 0 Å². The highest BCUT2D eigenvalue weighted by molar-refractivity contribution is 7.83. The molecule has 0 saturated carbocycles. The van der Waals surface area contributed by atoms with Gasteiger partial charge in [-0.05, 0) is 24.8 Å². The van der Waals surface area contributed by atoms with Crippen LogP contribution in [0.25, 0.3) is 0 Å². The van der Waals surface area contributed by atoms with Gasteiger partial charge in [-0.3, -0.25) is 0 Å². The maximum absolute atomic E-state index is 13.4. The Hall–Kier alpha value is -0.850. The lowest BCUT2D eigenvalue weighted by Gasteiger charge is -2.17. The highest BCUT2D eigenvalue weighted by Crippen LogP contribution is 2.45. The third-order valence-electron chi connectivity index (χ3n) is 3.14. The predicted octanol–water partition coefficient (Wildman–Crippen LogP) is 4.17. The summed E-state index contributed by atoms with van der Waals surface area (Å²) in [7, 11) is -2.39. The van der Waals surface area contributed by atoms with E-state index in [2.05, 4.69) is 26.0 Å². The van der Waals surface area contributed by atoms with Gasteiger partial charge in [0.1, 0.15) is 0 Å². The van der Waals surface area contributed by atoms with Gasteiger partial charge < -0.3 is 4.57 Å². The van der Waals surface area contributed by atoms with E-state index >= 15 is 0 Å². The highest BCUT2D eigenvalue weighted by atomic mass is 32.1. The van der Waals surface area contributed by atoms with Crippen LogP contribution in [0.5, 0.6) is 0 Å². The lowest BCUT2D eigenvalue weighted by Crippen LogP contribution is -2.16. The molecular formula is C15H19OPS. The first-order chi connectivity index (χ1) is 8.66. The fourth-order valence-corrected chi connectivity index (χ4v) is 6.37. The Labute approximate surface area is 113 Å². The molecular weight excluding hydrogens is 259 g/mol. The smallest absolute Gasteiger partial charge is 0.152 e. The number of hydrogen-bond acceptors (Lipinski definition) is 2. The van der Waals surface area contributed by atoms with Gasteiger partial charge >= 0.3 is 0 Å². The minimum absolute atomic E-state index is 0.785. The zero-order chi connectivity index (χ0) is 13.0. The van der Waals surface area contributed by atoms with Gasteiger partial charge in [0.05, 0.1) is 4.62 Å². The summed E-state index contributed by atoms with van der Waals surface area (Å²) in [6.07, 6.45) is 2.89. The Balaban J connectivity index is 2.42. The lowest BCUT2D eigenvalue weighted by atomic mass is 10.2. The van der Waals surface area contributed by atoms with E-state index in [4.69, 9.17) is 0 Å². The summed E-state index contributed by atoms with van der Waals surface area (Å²) in [5.74, 6) is 0. The van der Waals surface area contributed by atoms with E-state index in [1.807, 2.05) is 29.6 Å². The SMILES string of the molecule is CCCCP(=O)(c1ccc(C)cc1)c1cccs1. The Bertz CT molecular complexity index is 528. The van der Waals surface area contributed by atoms with Crippen LogP contribution in [0.15, 0.2) is 41.8 Å². The van der Waals surface area contributed by atoms with E-state index in [1.165, 1.54) is 5.56 Å². The van der Waals surface area contributed by atoms with Gasteiger partial charge in [-0.15, -0.1) is 11.3 Å². The molecule has 2 aromatic rings. The molecule has 3 heteroatoms. The number of aryl methyl sites for hydroxylation is 1. The third-order valence-corrected chi connectivity index (χ3v) is 7.95. The van der Waals surface area contributed by atoms with Gasteiger partial charge in [-0.1, -0.05) is 49.2 Å². The summed E-state index contributed by atoms with van der Waals surface area (Å²) >= 11 is 1.62. The molecule has 1 aromatic heterocycles. The molecule has 0 aliphatic carbocycles. The molecule has 0 spiro atoms. The fraction of sp³-hybridized carbons (Fsp3) is 0.333. The van der Waals surface area contributed by atoms with E-state index in [0.717, 1.165) is 28.9 Å². The zero-order valence-electron chi connectivity index (χ0n) is 10.9. The molecule has 1 atom stereocenters. The van der Waals surface area contributed by atoms with Crippen LogP contribution in [-0.4, -0.2) is 6.16 Å². The van der Waals surface area contributed by atoms with Crippen molar-refractivity contribution in [3.05, 3.63) is 47.3 Å². The molecule has 1 heterocycles. The number of hydrogen-bond donors (Lipinski definition) is 0. The third kappa shape index (κ3) is 2.76. The van der Waals surface area contributed by atoms with Crippen molar-refractivity contribution in [3.63, 3.8) is 0 Å². The van der Waals surface area contributed by atoms with Gasteiger partial charge in [-0.2, -0.15) is 0 Å². The second-order valence-corrected chi connectivity index (χ2v) is 8.78. The van der Waals surface area contributed by atoms with Crippen molar-refractivity contribution in [2.45, 2.75) is 26.7 Å². The van der Waals surface area contributed by atoms with Crippen LogP contribution in [0.3, 0.4) is 0 Å². The van der Waals surface area contributed by atoms with Crippen molar-refractivity contribution >= 4 is 28.4 Å². The summed E-state index contributed by atoms with van der Waals surface area (Å²) in [5.41, 5.74) is 1.21. The van der Waals surface area contributed by atoms with Crippen molar-refractivity contribution in [3.8, 4) is 0 Å². The zero-order valence-corrected chi connectivity index (χ0v) is 12.6. The molecule has 0 radical (unpaired) electrons. The normalized spacial score (nSPS) is 14.3. The minimum atomic E-state index is -2.39. The van der Waals surface area contributed by atoms with Crippen molar-refractivity contribution < 1.29 is 4.57 Å². The van der Waals surface area contributed by atoms with E-state index in [9.17, 15) is 4.57 Å². The number of thiophene rings is 1. The Morgan fingerprint density at radius 2 is 1.89 bits per heavy atom. The number of unbranched alkanes of at least 4 members (excludes halogenated alkanes) is 1. The quantitative estimate of drug-likeness (QED) is 0.750. The monoisotopic (exact) mass is 278 g/mol. The first kappa shape index (κ1) is 13.6. The minimum Gasteiger partial charge on any atom is -0.313 e. The molecule has 0 fully saturated rings. The van der Waals surface area contributed by atoms with Crippen LogP contribution in [0, 0.1) is 6.92 Å². The standard InChI is InChI=1S/C15H19OPS/c1-3-4-11-17(16,15-6-5-12-18-15)14-9-7-13(2)8-10-14/h5-10,12H,3-4,11H2,1-2H3. The molecule has 1 unspecified atom stereocenters. The molecule has 0 amide bonds. The molecule has 0 bridgehead atoms. The summed E-state index contributed by atoms with van der Waals surface area (Å²) in [4.78, 5) is 0. The Morgan fingerprint density at radius 3 is 2.44 bits per heavy atom. The average molecular weight is 278 g/mol. The molecule has 1 nitrogen and oxygen atoms in total. The molecule has 96 valence electrons. The largest absolute Gasteiger partial charge is 0.313 e. The summed E-state index contributed by atoms with van der Waals surface area (Å²) in [6.45, 7) is 4.21. The highest BCUT2D eigenvalue weighted by Gasteiger charge is 2.27. The summed E-state index contributed by atoms with van der Waals surface area (Å²) in [5, 5.41) is 3.02. The van der Waals surface area contributed by atoms with Crippen LogP contribution in [0.2, 0.25) is 0 Å². The van der Waals surface area contributed by atoms with E-state index in [0.29, 0.717) is 0 Å². The van der Waals surface area contributed by atoms with Crippen molar-refractivity contribution in [1.82, 2.24) is 0 Å².